The number of carbonyl (C=O) groups excluding carboxylic acids is 2. The fourth-order valence-electron chi connectivity index (χ4n) is 2.98. The second-order valence-electron chi connectivity index (χ2n) is 6.88. The van der Waals surface area contributed by atoms with E-state index in [1.807, 2.05) is 13.8 Å². The second-order valence-corrected chi connectivity index (χ2v) is 9.79. The van der Waals surface area contributed by atoms with Crippen molar-refractivity contribution in [3.05, 3.63) is 70.1 Å². The molecule has 0 fully saturated rings. The van der Waals surface area contributed by atoms with Crippen LogP contribution in [0.1, 0.15) is 31.2 Å². The lowest BCUT2D eigenvalue weighted by atomic mass is 10.1. The number of amides is 2. The minimum absolute atomic E-state index is 0.0629. The Kier molecular flexibility index (Phi) is 6.85. The molecule has 0 spiro atoms. The van der Waals surface area contributed by atoms with Crippen LogP contribution in [0.15, 0.2) is 53.4 Å². The number of aryl methyl sites for hydroxylation is 1. The predicted octanol–water partition coefficient (Wildman–Crippen LogP) is 3.79. The van der Waals surface area contributed by atoms with Crippen molar-refractivity contribution >= 4 is 43.9 Å². The van der Waals surface area contributed by atoms with Crippen LogP contribution in [0.4, 0.5) is 10.7 Å². The number of thiophene rings is 1. The summed E-state index contributed by atoms with van der Waals surface area (Å²) in [4.78, 5) is 26.0. The van der Waals surface area contributed by atoms with E-state index in [1.165, 1.54) is 43.7 Å². The number of hydrogen-bond donors (Lipinski definition) is 3. The molecule has 0 aliphatic heterocycles. The minimum Gasteiger partial charge on any atom is -0.497 e. The number of carbonyl (C=O) groups is 2. The Morgan fingerprint density at radius 2 is 1.69 bits per heavy atom. The average Bonchev–Trinajstić information content (AvgIpc) is 3.06. The lowest BCUT2D eigenvalue weighted by Crippen LogP contribution is -2.21. The summed E-state index contributed by atoms with van der Waals surface area (Å²) < 4.78 is 32.9. The van der Waals surface area contributed by atoms with Gasteiger partial charge in [0.05, 0.1) is 17.6 Å². The Morgan fingerprint density at radius 1 is 1.00 bits per heavy atom. The Hall–Kier alpha value is -3.37. The summed E-state index contributed by atoms with van der Waals surface area (Å²) >= 11 is 1.31. The maximum atomic E-state index is 12.8. The first kappa shape index (κ1) is 23.3. The molecule has 2 amide bonds. The third-order valence-electron chi connectivity index (χ3n) is 4.81. The molecular formula is C22H23N3O5S2. The van der Waals surface area contributed by atoms with Crippen LogP contribution in [-0.4, -0.2) is 34.4 Å². The van der Waals surface area contributed by atoms with E-state index in [-0.39, 0.29) is 22.1 Å². The van der Waals surface area contributed by atoms with Gasteiger partial charge in [0.2, 0.25) is 0 Å². The van der Waals surface area contributed by atoms with Crippen LogP contribution in [0.5, 0.6) is 5.75 Å². The smallest absolute Gasteiger partial charge is 0.261 e. The van der Waals surface area contributed by atoms with Gasteiger partial charge in [-0.25, -0.2) is 8.42 Å². The Balaban J connectivity index is 1.82. The van der Waals surface area contributed by atoms with Crippen LogP contribution in [0.3, 0.4) is 0 Å². The lowest BCUT2D eigenvalue weighted by Gasteiger charge is -2.11. The van der Waals surface area contributed by atoms with Crippen LogP contribution in [0.2, 0.25) is 0 Å². The third kappa shape index (κ3) is 4.92. The minimum atomic E-state index is -3.85. The molecule has 168 valence electrons. The molecule has 1 heterocycles. The van der Waals surface area contributed by atoms with Crippen LogP contribution in [0, 0.1) is 13.8 Å². The SMILES string of the molecule is CNC(=O)c1c(NC(=O)c2cccc(NS(=O)(=O)c3ccc(OC)cc3)c2)sc(C)c1C. The Morgan fingerprint density at radius 3 is 2.31 bits per heavy atom. The largest absolute Gasteiger partial charge is 0.497 e. The van der Waals surface area contributed by atoms with Crippen molar-refractivity contribution in [2.24, 2.45) is 0 Å². The highest BCUT2D eigenvalue weighted by molar-refractivity contribution is 7.92. The molecule has 0 unspecified atom stereocenters. The van der Waals surface area contributed by atoms with Gasteiger partial charge in [-0.15, -0.1) is 11.3 Å². The van der Waals surface area contributed by atoms with Crippen molar-refractivity contribution in [2.75, 3.05) is 24.2 Å². The molecule has 0 bridgehead atoms. The maximum Gasteiger partial charge on any atom is 0.261 e. The van der Waals surface area contributed by atoms with E-state index in [0.717, 1.165) is 10.4 Å². The van der Waals surface area contributed by atoms with Gasteiger partial charge in [0.15, 0.2) is 0 Å². The zero-order chi connectivity index (χ0) is 23.5. The number of sulfonamides is 1. The van der Waals surface area contributed by atoms with Gasteiger partial charge >= 0.3 is 0 Å². The van der Waals surface area contributed by atoms with Gasteiger partial charge in [-0.05, 0) is 61.9 Å². The summed E-state index contributed by atoms with van der Waals surface area (Å²) in [5.41, 5.74) is 1.69. The summed E-state index contributed by atoms with van der Waals surface area (Å²) in [6.07, 6.45) is 0. The number of anilines is 2. The summed E-state index contributed by atoms with van der Waals surface area (Å²) in [6, 6.07) is 12.1. The summed E-state index contributed by atoms with van der Waals surface area (Å²) in [6.45, 7) is 3.69. The van der Waals surface area contributed by atoms with Crippen LogP contribution < -0.4 is 20.1 Å². The van der Waals surface area contributed by atoms with Crippen LogP contribution in [0.25, 0.3) is 0 Å². The van der Waals surface area contributed by atoms with E-state index in [9.17, 15) is 18.0 Å². The van der Waals surface area contributed by atoms with Gasteiger partial charge in [0.25, 0.3) is 21.8 Å². The van der Waals surface area contributed by atoms with Gasteiger partial charge < -0.3 is 15.4 Å². The van der Waals surface area contributed by atoms with Gasteiger partial charge in [-0.1, -0.05) is 6.07 Å². The van der Waals surface area contributed by atoms with Crippen molar-refractivity contribution in [3.8, 4) is 5.75 Å². The van der Waals surface area contributed by atoms with Crippen molar-refractivity contribution in [3.63, 3.8) is 0 Å². The molecule has 8 nitrogen and oxygen atoms in total. The topological polar surface area (TPSA) is 114 Å². The molecule has 1 aromatic heterocycles. The molecule has 3 aromatic rings. The first-order valence-corrected chi connectivity index (χ1v) is 11.9. The van der Waals surface area contributed by atoms with Gasteiger partial charge in [0.1, 0.15) is 10.8 Å². The quantitative estimate of drug-likeness (QED) is 0.483. The molecular weight excluding hydrogens is 450 g/mol. The van der Waals surface area contributed by atoms with E-state index in [1.54, 1.807) is 30.3 Å². The maximum absolute atomic E-state index is 12.8. The Bertz CT molecular complexity index is 1270. The first-order valence-electron chi connectivity index (χ1n) is 9.56. The fraction of sp³-hybridized carbons (Fsp3) is 0.182. The zero-order valence-electron chi connectivity index (χ0n) is 18.0. The van der Waals surface area contributed by atoms with E-state index in [2.05, 4.69) is 15.4 Å². The lowest BCUT2D eigenvalue weighted by molar-refractivity contribution is 0.0963. The van der Waals surface area contributed by atoms with Gasteiger partial charge in [-0.2, -0.15) is 0 Å². The van der Waals surface area contributed by atoms with Crippen molar-refractivity contribution in [1.29, 1.82) is 0 Å². The van der Waals surface area contributed by atoms with Gasteiger partial charge in [0, 0.05) is 23.2 Å². The van der Waals surface area contributed by atoms with Crippen LogP contribution in [-0.2, 0) is 10.0 Å². The average molecular weight is 474 g/mol. The summed E-state index contributed by atoms with van der Waals surface area (Å²) in [5.74, 6) is -0.206. The first-order chi connectivity index (χ1) is 15.2. The predicted molar refractivity (Wildman–Crippen MR) is 125 cm³/mol. The Labute approximate surface area is 190 Å². The summed E-state index contributed by atoms with van der Waals surface area (Å²) in [5, 5.41) is 5.78. The molecule has 3 N–H and O–H groups in total. The molecule has 0 aliphatic carbocycles. The number of nitrogens with one attached hydrogen (secondary N) is 3. The van der Waals surface area contributed by atoms with Gasteiger partial charge in [-0.3, -0.25) is 14.3 Å². The molecule has 0 saturated carbocycles. The molecule has 0 atom stereocenters. The molecule has 32 heavy (non-hydrogen) atoms. The number of rotatable bonds is 7. The molecule has 2 aromatic carbocycles. The van der Waals surface area contributed by atoms with Crippen molar-refractivity contribution < 1.29 is 22.7 Å². The second kappa shape index (κ2) is 9.41. The fourth-order valence-corrected chi connectivity index (χ4v) is 5.08. The molecule has 3 rings (SSSR count). The normalized spacial score (nSPS) is 11.0. The van der Waals surface area contributed by atoms with E-state index in [4.69, 9.17) is 4.74 Å². The number of methoxy groups -OCH3 is 1. The van der Waals surface area contributed by atoms with Crippen molar-refractivity contribution in [2.45, 2.75) is 18.7 Å². The monoisotopic (exact) mass is 473 g/mol. The van der Waals surface area contributed by atoms with Crippen molar-refractivity contribution in [1.82, 2.24) is 5.32 Å². The number of ether oxygens (including phenoxy) is 1. The molecule has 0 aliphatic rings. The van der Waals surface area contributed by atoms with E-state index < -0.39 is 15.9 Å². The summed E-state index contributed by atoms with van der Waals surface area (Å²) in [7, 11) is -0.830. The van der Waals surface area contributed by atoms with Crippen LogP contribution >= 0.6 is 11.3 Å². The van der Waals surface area contributed by atoms with E-state index >= 15 is 0 Å². The van der Waals surface area contributed by atoms with E-state index in [0.29, 0.717) is 16.3 Å². The standard InChI is InChI=1S/C22H23N3O5S2/c1-13-14(2)31-22(19(13)21(27)23-3)24-20(26)15-6-5-7-16(12-15)25-32(28,29)18-10-8-17(30-4)9-11-18/h5-12,25H,1-4H3,(H,23,27)(H,24,26). The number of benzene rings is 2. The number of hydrogen-bond acceptors (Lipinski definition) is 6. The third-order valence-corrected chi connectivity index (χ3v) is 7.33. The highest BCUT2D eigenvalue weighted by Crippen LogP contribution is 2.33. The molecule has 0 saturated heterocycles. The highest BCUT2D eigenvalue weighted by Gasteiger charge is 2.21. The molecule has 0 radical (unpaired) electrons. The highest BCUT2D eigenvalue weighted by atomic mass is 32.2. The zero-order valence-corrected chi connectivity index (χ0v) is 19.6. The molecule has 10 heteroatoms.